The first-order chi connectivity index (χ1) is 5.86. The number of carbonyl (C=O) groups is 1. The summed E-state index contributed by atoms with van der Waals surface area (Å²) in [6.07, 6.45) is 0.966. The second-order valence-electron chi connectivity index (χ2n) is 2.50. The maximum absolute atomic E-state index is 10.2. The van der Waals surface area contributed by atoms with Crippen LogP contribution in [0.25, 0.3) is 0 Å². The Morgan fingerprint density at radius 2 is 2.00 bits per heavy atom. The van der Waals surface area contributed by atoms with Gasteiger partial charge in [0, 0.05) is 6.42 Å². The molecule has 0 N–H and O–H groups in total. The van der Waals surface area contributed by atoms with Crippen molar-refractivity contribution in [1.82, 2.24) is 0 Å². The molecule has 1 atom stereocenters. The second-order valence-corrected chi connectivity index (χ2v) is 2.50. The standard InChI is InChI=1S/C9H9NO2/c11-7-9(10-12)6-8-4-2-1-3-5-8/h1-5,7,9H,6H2/t9-/m0/s1. The van der Waals surface area contributed by atoms with Crippen LogP contribution in [-0.4, -0.2) is 12.3 Å². The van der Waals surface area contributed by atoms with E-state index in [-0.39, 0.29) is 0 Å². The Morgan fingerprint density at radius 1 is 1.33 bits per heavy atom. The number of carbonyl (C=O) groups excluding carboxylic acids is 1. The van der Waals surface area contributed by atoms with E-state index in [0.29, 0.717) is 12.7 Å². The first-order valence-electron chi connectivity index (χ1n) is 3.68. The van der Waals surface area contributed by atoms with Crippen molar-refractivity contribution >= 4 is 6.29 Å². The van der Waals surface area contributed by atoms with E-state index in [1.165, 1.54) is 0 Å². The minimum atomic E-state index is -0.743. The first-order valence-corrected chi connectivity index (χ1v) is 3.68. The summed E-state index contributed by atoms with van der Waals surface area (Å²) in [5, 5.41) is 2.68. The summed E-state index contributed by atoms with van der Waals surface area (Å²) < 4.78 is 0. The predicted molar refractivity (Wildman–Crippen MR) is 45.8 cm³/mol. The number of rotatable bonds is 4. The predicted octanol–water partition coefficient (Wildman–Crippen LogP) is 1.56. The summed E-state index contributed by atoms with van der Waals surface area (Å²) >= 11 is 0. The molecule has 0 aliphatic heterocycles. The topological polar surface area (TPSA) is 46.5 Å². The van der Waals surface area contributed by atoms with Crippen molar-refractivity contribution < 1.29 is 4.79 Å². The number of nitroso groups, excluding NO2 is 1. The molecule has 0 fully saturated rings. The molecular weight excluding hydrogens is 154 g/mol. The van der Waals surface area contributed by atoms with Crippen molar-refractivity contribution in [3.63, 3.8) is 0 Å². The lowest BCUT2D eigenvalue weighted by Gasteiger charge is -1.99. The molecule has 0 aromatic heterocycles. The van der Waals surface area contributed by atoms with Crippen LogP contribution < -0.4 is 0 Å². The molecule has 1 aromatic rings. The Morgan fingerprint density at radius 3 is 2.50 bits per heavy atom. The van der Waals surface area contributed by atoms with E-state index in [9.17, 15) is 9.70 Å². The molecule has 3 nitrogen and oxygen atoms in total. The van der Waals surface area contributed by atoms with Gasteiger partial charge in [-0.2, -0.15) is 4.91 Å². The highest BCUT2D eigenvalue weighted by Gasteiger charge is 2.06. The highest BCUT2D eigenvalue weighted by molar-refractivity contribution is 5.58. The van der Waals surface area contributed by atoms with Gasteiger partial charge in [0.1, 0.15) is 6.29 Å². The molecule has 0 heterocycles. The van der Waals surface area contributed by atoms with Gasteiger partial charge in [0.25, 0.3) is 0 Å². The maximum Gasteiger partial charge on any atom is 0.151 e. The Balaban J connectivity index is 2.62. The Bertz CT molecular complexity index is 250. The van der Waals surface area contributed by atoms with Gasteiger partial charge in [-0.25, -0.2) is 0 Å². The molecule has 0 bridgehead atoms. The lowest BCUT2D eigenvalue weighted by atomic mass is 10.1. The van der Waals surface area contributed by atoms with Gasteiger partial charge in [0.15, 0.2) is 6.04 Å². The molecule has 3 heteroatoms. The van der Waals surface area contributed by atoms with Crippen molar-refractivity contribution in [2.24, 2.45) is 5.18 Å². The van der Waals surface area contributed by atoms with Crippen LogP contribution in [0.2, 0.25) is 0 Å². The molecule has 0 radical (unpaired) electrons. The van der Waals surface area contributed by atoms with Crippen molar-refractivity contribution in [3.8, 4) is 0 Å². The van der Waals surface area contributed by atoms with E-state index in [0.717, 1.165) is 5.56 Å². The van der Waals surface area contributed by atoms with E-state index in [2.05, 4.69) is 5.18 Å². The molecule has 0 aliphatic carbocycles. The van der Waals surface area contributed by atoms with E-state index in [4.69, 9.17) is 0 Å². The summed E-state index contributed by atoms with van der Waals surface area (Å²) in [7, 11) is 0. The quantitative estimate of drug-likeness (QED) is 0.499. The third-order valence-corrected chi connectivity index (χ3v) is 1.58. The van der Waals surface area contributed by atoms with Gasteiger partial charge in [-0.1, -0.05) is 35.5 Å². The molecule has 0 unspecified atom stereocenters. The normalized spacial score (nSPS) is 12.0. The van der Waals surface area contributed by atoms with E-state index in [1.54, 1.807) is 0 Å². The van der Waals surface area contributed by atoms with Gasteiger partial charge in [0.05, 0.1) is 0 Å². The second kappa shape index (κ2) is 4.38. The molecule has 1 rings (SSSR count). The van der Waals surface area contributed by atoms with Crippen LogP contribution in [-0.2, 0) is 11.2 Å². The SMILES string of the molecule is O=C[C@H](Cc1ccccc1)N=O. The van der Waals surface area contributed by atoms with Crippen LogP contribution in [0.4, 0.5) is 0 Å². The summed E-state index contributed by atoms with van der Waals surface area (Å²) in [6.45, 7) is 0. The average Bonchev–Trinajstić information content (AvgIpc) is 2.16. The van der Waals surface area contributed by atoms with Crippen LogP contribution in [0.5, 0.6) is 0 Å². The van der Waals surface area contributed by atoms with Crippen LogP contribution in [0, 0.1) is 4.91 Å². The van der Waals surface area contributed by atoms with Gasteiger partial charge in [0.2, 0.25) is 0 Å². The van der Waals surface area contributed by atoms with Crippen LogP contribution in [0.1, 0.15) is 5.56 Å². The van der Waals surface area contributed by atoms with Gasteiger partial charge in [-0.15, -0.1) is 0 Å². The zero-order valence-electron chi connectivity index (χ0n) is 6.51. The summed E-state index contributed by atoms with van der Waals surface area (Å²) in [5.41, 5.74) is 0.953. The third-order valence-electron chi connectivity index (χ3n) is 1.58. The smallest absolute Gasteiger partial charge is 0.151 e. The van der Waals surface area contributed by atoms with Crippen molar-refractivity contribution in [1.29, 1.82) is 0 Å². The third kappa shape index (κ3) is 2.27. The van der Waals surface area contributed by atoms with Crippen molar-refractivity contribution in [2.45, 2.75) is 12.5 Å². The number of hydrogen-bond acceptors (Lipinski definition) is 3. The van der Waals surface area contributed by atoms with E-state index in [1.807, 2.05) is 30.3 Å². The molecule has 0 saturated carbocycles. The average molecular weight is 163 g/mol. The molecule has 0 aliphatic rings. The van der Waals surface area contributed by atoms with Crippen LogP contribution in [0.3, 0.4) is 0 Å². The molecule has 1 aromatic carbocycles. The highest BCUT2D eigenvalue weighted by atomic mass is 16.3. The molecule has 12 heavy (non-hydrogen) atoms. The minimum Gasteiger partial charge on any atom is -0.301 e. The molecule has 62 valence electrons. The first kappa shape index (κ1) is 8.59. The Labute approximate surface area is 70.4 Å². The van der Waals surface area contributed by atoms with Gasteiger partial charge in [-0.05, 0) is 5.56 Å². The van der Waals surface area contributed by atoms with Crippen LogP contribution >= 0.6 is 0 Å². The Kier molecular flexibility index (Phi) is 3.14. The number of aldehydes is 1. The number of hydrogen-bond donors (Lipinski definition) is 0. The molecular formula is C9H9NO2. The lowest BCUT2D eigenvalue weighted by Crippen LogP contribution is -2.08. The molecule has 0 amide bonds. The summed E-state index contributed by atoms with van der Waals surface area (Å²) in [6, 6.07) is 8.59. The fourth-order valence-electron chi connectivity index (χ4n) is 0.966. The lowest BCUT2D eigenvalue weighted by molar-refractivity contribution is -0.108. The Hall–Kier alpha value is -1.51. The van der Waals surface area contributed by atoms with Gasteiger partial charge < -0.3 is 4.79 Å². The number of nitrogens with zero attached hydrogens (tertiary/aromatic N) is 1. The van der Waals surface area contributed by atoms with Gasteiger partial charge >= 0.3 is 0 Å². The summed E-state index contributed by atoms with van der Waals surface area (Å²) in [4.78, 5) is 20.3. The fourth-order valence-corrected chi connectivity index (χ4v) is 0.966. The molecule has 0 saturated heterocycles. The molecule has 0 spiro atoms. The minimum absolute atomic E-state index is 0.397. The number of benzene rings is 1. The van der Waals surface area contributed by atoms with E-state index >= 15 is 0 Å². The fraction of sp³-hybridized carbons (Fsp3) is 0.222. The summed E-state index contributed by atoms with van der Waals surface area (Å²) in [5.74, 6) is 0. The monoisotopic (exact) mass is 163 g/mol. The zero-order valence-corrected chi connectivity index (χ0v) is 6.51. The van der Waals surface area contributed by atoms with Crippen LogP contribution in [0.15, 0.2) is 35.5 Å². The van der Waals surface area contributed by atoms with E-state index < -0.39 is 6.04 Å². The van der Waals surface area contributed by atoms with Crippen molar-refractivity contribution in [2.75, 3.05) is 0 Å². The highest BCUT2D eigenvalue weighted by Crippen LogP contribution is 2.03. The van der Waals surface area contributed by atoms with Gasteiger partial charge in [-0.3, -0.25) is 0 Å². The maximum atomic E-state index is 10.2. The van der Waals surface area contributed by atoms with Crippen molar-refractivity contribution in [3.05, 3.63) is 40.8 Å². The largest absolute Gasteiger partial charge is 0.301 e. The zero-order chi connectivity index (χ0) is 8.81.